The van der Waals surface area contributed by atoms with Gasteiger partial charge in [-0.1, -0.05) is 12.1 Å². The maximum atomic E-state index is 12.5. The standard InChI is InChI=1S/C13H26N4O2/c1-10-8-13(9-10,11(14)15-19)12(18)17(4)7-5-6-16(2)3/h10,19H,5-9H2,1-4H3,(H2,14,15). The van der Waals surface area contributed by atoms with Crippen LogP contribution in [0.5, 0.6) is 0 Å². The highest BCUT2D eigenvalue weighted by molar-refractivity contribution is 6.07. The summed E-state index contributed by atoms with van der Waals surface area (Å²) in [5.41, 5.74) is 4.96. The van der Waals surface area contributed by atoms with Gasteiger partial charge < -0.3 is 20.7 Å². The third kappa shape index (κ3) is 3.37. The van der Waals surface area contributed by atoms with Crippen molar-refractivity contribution < 1.29 is 10.0 Å². The lowest BCUT2D eigenvalue weighted by molar-refractivity contribution is -0.143. The molecular weight excluding hydrogens is 244 g/mol. The van der Waals surface area contributed by atoms with Crippen molar-refractivity contribution in [1.29, 1.82) is 0 Å². The van der Waals surface area contributed by atoms with E-state index in [1.165, 1.54) is 0 Å². The van der Waals surface area contributed by atoms with E-state index in [0.29, 0.717) is 25.3 Å². The molecule has 0 spiro atoms. The first-order valence-corrected chi connectivity index (χ1v) is 6.72. The first-order valence-electron chi connectivity index (χ1n) is 6.72. The van der Waals surface area contributed by atoms with Crippen molar-refractivity contribution >= 4 is 11.7 Å². The molecule has 1 rings (SSSR count). The van der Waals surface area contributed by atoms with Crippen LogP contribution in [0.25, 0.3) is 0 Å². The largest absolute Gasteiger partial charge is 0.409 e. The van der Waals surface area contributed by atoms with Crippen LogP contribution in [-0.4, -0.2) is 61.0 Å². The van der Waals surface area contributed by atoms with Gasteiger partial charge in [0.15, 0.2) is 5.84 Å². The Morgan fingerprint density at radius 3 is 2.37 bits per heavy atom. The van der Waals surface area contributed by atoms with E-state index >= 15 is 0 Å². The average molecular weight is 270 g/mol. The molecule has 0 unspecified atom stereocenters. The Kier molecular flexibility index (Phi) is 5.17. The lowest BCUT2D eigenvalue weighted by atomic mass is 9.61. The average Bonchev–Trinajstić information content (AvgIpc) is 2.32. The van der Waals surface area contributed by atoms with E-state index in [2.05, 4.69) is 17.0 Å². The Hall–Kier alpha value is -1.30. The zero-order chi connectivity index (χ0) is 14.6. The van der Waals surface area contributed by atoms with Gasteiger partial charge in [0.2, 0.25) is 5.91 Å². The third-order valence-corrected chi connectivity index (χ3v) is 3.85. The van der Waals surface area contributed by atoms with Gasteiger partial charge in [-0.25, -0.2) is 0 Å². The van der Waals surface area contributed by atoms with Crippen LogP contribution >= 0.6 is 0 Å². The number of carbonyl (C=O) groups is 1. The summed E-state index contributed by atoms with van der Waals surface area (Å²) in [5, 5.41) is 12.0. The molecule has 3 N–H and O–H groups in total. The highest BCUT2D eigenvalue weighted by Crippen LogP contribution is 2.46. The Bertz CT molecular complexity index is 349. The minimum absolute atomic E-state index is 0.0281. The third-order valence-electron chi connectivity index (χ3n) is 3.85. The molecule has 0 heterocycles. The maximum absolute atomic E-state index is 12.5. The van der Waals surface area contributed by atoms with Gasteiger partial charge >= 0.3 is 0 Å². The molecule has 19 heavy (non-hydrogen) atoms. The molecule has 110 valence electrons. The van der Waals surface area contributed by atoms with E-state index in [1.54, 1.807) is 11.9 Å². The second-order valence-corrected chi connectivity index (χ2v) is 5.96. The number of nitrogens with zero attached hydrogens (tertiary/aromatic N) is 3. The van der Waals surface area contributed by atoms with Crippen LogP contribution in [0.4, 0.5) is 0 Å². The van der Waals surface area contributed by atoms with Crippen molar-refractivity contribution in [2.75, 3.05) is 34.2 Å². The summed E-state index contributed by atoms with van der Waals surface area (Å²) in [6, 6.07) is 0. The van der Waals surface area contributed by atoms with Gasteiger partial charge in [-0.3, -0.25) is 4.79 Å². The zero-order valence-electron chi connectivity index (χ0n) is 12.4. The van der Waals surface area contributed by atoms with Gasteiger partial charge in [-0.2, -0.15) is 0 Å². The van der Waals surface area contributed by atoms with E-state index in [4.69, 9.17) is 10.9 Å². The van der Waals surface area contributed by atoms with Crippen molar-refractivity contribution in [3.63, 3.8) is 0 Å². The molecule has 0 aromatic rings. The summed E-state index contributed by atoms with van der Waals surface area (Å²) in [6.07, 6.45) is 2.25. The van der Waals surface area contributed by atoms with Crippen LogP contribution in [0.1, 0.15) is 26.2 Å². The van der Waals surface area contributed by atoms with Crippen molar-refractivity contribution in [3.8, 4) is 0 Å². The number of amides is 1. The summed E-state index contributed by atoms with van der Waals surface area (Å²) >= 11 is 0. The molecule has 0 radical (unpaired) electrons. The maximum Gasteiger partial charge on any atom is 0.236 e. The number of carbonyl (C=O) groups excluding carboxylic acids is 1. The number of hydrogen-bond acceptors (Lipinski definition) is 4. The normalized spacial score (nSPS) is 27.2. The summed E-state index contributed by atoms with van der Waals surface area (Å²) in [5.74, 6) is 0.467. The molecule has 0 saturated heterocycles. The van der Waals surface area contributed by atoms with Crippen molar-refractivity contribution in [1.82, 2.24) is 9.80 Å². The molecule has 1 aliphatic rings. The molecule has 0 aromatic carbocycles. The fourth-order valence-corrected chi connectivity index (χ4v) is 2.81. The molecular formula is C13H26N4O2. The molecule has 1 amide bonds. The molecule has 1 aliphatic carbocycles. The summed E-state index contributed by atoms with van der Waals surface area (Å²) in [4.78, 5) is 16.3. The monoisotopic (exact) mass is 270 g/mol. The highest BCUT2D eigenvalue weighted by Gasteiger charge is 2.53. The lowest BCUT2D eigenvalue weighted by Gasteiger charge is -2.45. The van der Waals surface area contributed by atoms with Crippen molar-refractivity contribution in [2.45, 2.75) is 26.2 Å². The molecule has 6 nitrogen and oxygen atoms in total. The minimum Gasteiger partial charge on any atom is -0.409 e. The number of nitrogens with two attached hydrogens (primary N) is 1. The number of rotatable bonds is 6. The molecule has 1 saturated carbocycles. The second-order valence-electron chi connectivity index (χ2n) is 5.96. The smallest absolute Gasteiger partial charge is 0.236 e. The SMILES string of the molecule is CC1CC(C(=O)N(C)CCCN(C)C)(C(N)=NO)C1. The van der Waals surface area contributed by atoms with Crippen LogP contribution < -0.4 is 5.73 Å². The molecule has 6 heteroatoms. The number of amidine groups is 1. The predicted molar refractivity (Wildman–Crippen MR) is 75.0 cm³/mol. The second kappa shape index (κ2) is 6.23. The van der Waals surface area contributed by atoms with Gasteiger partial charge in [0.05, 0.1) is 0 Å². The Labute approximate surface area is 115 Å². The number of hydrogen-bond donors (Lipinski definition) is 2. The van der Waals surface area contributed by atoms with Crippen LogP contribution in [0.3, 0.4) is 0 Å². The summed E-state index contributed by atoms with van der Waals surface area (Å²) < 4.78 is 0. The molecule has 0 atom stereocenters. The predicted octanol–water partition coefficient (Wildman–Crippen LogP) is 0.559. The van der Waals surface area contributed by atoms with E-state index in [1.807, 2.05) is 14.1 Å². The first kappa shape index (κ1) is 15.8. The van der Waals surface area contributed by atoms with Gasteiger partial charge in [0.1, 0.15) is 5.41 Å². The van der Waals surface area contributed by atoms with Crippen molar-refractivity contribution in [2.24, 2.45) is 22.2 Å². The molecule has 0 bridgehead atoms. The number of oxime groups is 1. The van der Waals surface area contributed by atoms with Crippen LogP contribution in [0, 0.1) is 11.3 Å². The molecule has 1 fully saturated rings. The molecule has 0 aromatic heterocycles. The highest BCUT2D eigenvalue weighted by atomic mass is 16.4. The van der Waals surface area contributed by atoms with Gasteiger partial charge in [0.25, 0.3) is 0 Å². The topological polar surface area (TPSA) is 82.2 Å². The van der Waals surface area contributed by atoms with Gasteiger partial charge in [-0.15, -0.1) is 0 Å². The quantitative estimate of drug-likeness (QED) is 0.320. The van der Waals surface area contributed by atoms with Crippen LogP contribution in [-0.2, 0) is 4.79 Å². The van der Waals surface area contributed by atoms with E-state index in [0.717, 1.165) is 13.0 Å². The first-order chi connectivity index (χ1) is 8.83. The zero-order valence-corrected chi connectivity index (χ0v) is 12.4. The Balaban J connectivity index is 2.63. The fraction of sp³-hybridized carbons (Fsp3) is 0.846. The van der Waals surface area contributed by atoms with Crippen LogP contribution in [0.15, 0.2) is 5.16 Å². The fourth-order valence-electron chi connectivity index (χ4n) is 2.81. The van der Waals surface area contributed by atoms with Crippen LogP contribution in [0.2, 0.25) is 0 Å². The molecule has 0 aliphatic heterocycles. The van der Waals surface area contributed by atoms with Gasteiger partial charge in [0, 0.05) is 13.6 Å². The van der Waals surface area contributed by atoms with E-state index in [9.17, 15) is 4.79 Å². The summed E-state index contributed by atoms with van der Waals surface area (Å²) in [7, 11) is 5.80. The van der Waals surface area contributed by atoms with E-state index in [-0.39, 0.29) is 11.7 Å². The van der Waals surface area contributed by atoms with Crippen molar-refractivity contribution in [3.05, 3.63) is 0 Å². The lowest BCUT2D eigenvalue weighted by Crippen LogP contribution is -2.57. The van der Waals surface area contributed by atoms with Gasteiger partial charge in [-0.05, 0) is 45.8 Å². The summed E-state index contributed by atoms with van der Waals surface area (Å²) in [6.45, 7) is 3.69. The minimum atomic E-state index is -0.777. The van der Waals surface area contributed by atoms with E-state index < -0.39 is 5.41 Å². The Morgan fingerprint density at radius 1 is 1.37 bits per heavy atom. The Morgan fingerprint density at radius 2 is 1.95 bits per heavy atom.